The lowest BCUT2D eigenvalue weighted by Gasteiger charge is -2.03. The Morgan fingerprint density at radius 2 is 1.23 bits per heavy atom. The van der Waals surface area contributed by atoms with Crippen LogP contribution in [-0.4, -0.2) is 47.3 Å². The van der Waals surface area contributed by atoms with E-state index in [-0.39, 0.29) is 24.4 Å². The highest BCUT2D eigenvalue weighted by molar-refractivity contribution is 5.84. The van der Waals surface area contributed by atoms with Crippen LogP contribution in [0.15, 0.2) is 49.6 Å². The number of carboxylic acids is 3. The van der Waals surface area contributed by atoms with Crippen molar-refractivity contribution in [3.8, 4) is 0 Å². The van der Waals surface area contributed by atoms with Crippen LogP contribution in [0, 0.1) is 0 Å². The molecule has 31 heavy (non-hydrogen) atoms. The molecule has 0 aliphatic carbocycles. The molecule has 0 bridgehead atoms. The largest absolute Gasteiger partial charge is 0.545 e. The number of ether oxygens (including phenoxy) is 1. The van der Waals surface area contributed by atoms with E-state index in [1.165, 1.54) is 0 Å². The van der Waals surface area contributed by atoms with E-state index >= 15 is 0 Å². The first kappa shape index (κ1) is 35.3. The fourth-order valence-corrected chi connectivity index (χ4v) is 1.19. The SMILES string of the molecule is C=C(CCCC)C(=O)[O-].C=C(CCCC)C(=O)[O-].C=CC(=O)O.C=CC(=O)OCCO. The van der Waals surface area contributed by atoms with Crippen LogP contribution in [0.25, 0.3) is 0 Å². The van der Waals surface area contributed by atoms with E-state index < -0.39 is 23.9 Å². The van der Waals surface area contributed by atoms with E-state index in [0.717, 1.165) is 37.8 Å². The van der Waals surface area contributed by atoms with Crippen LogP contribution in [0.3, 0.4) is 0 Å². The molecule has 0 aliphatic rings. The Bertz CT molecular complexity index is 548. The van der Waals surface area contributed by atoms with Crippen molar-refractivity contribution in [2.75, 3.05) is 13.2 Å². The second-order valence-electron chi connectivity index (χ2n) is 5.63. The topological polar surface area (TPSA) is 164 Å². The zero-order valence-electron chi connectivity index (χ0n) is 18.4. The van der Waals surface area contributed by atoms with Gasteiger partial charge in [-0.3, -0.25) is 0 Å². The quantitative estimate of drug-likeness (QED) is 0.330. The Morgan fingerprint density at radius 1 is 0.871 bits per heavy atom. The summed E-state index contributed by atoms with van der Waals surface area (Å²) in [5.41, 5.74) is 0.411. The molecule has 0 amide bonds. The Morgan fingerprint density at radius 3 is 1.42 bits per heavy atom. The van der Waals surface area contributed by atoms with E-state index in [0.29, 0.717) is 12.8 Å². The van der Waals surface area contributed by atoms with Gasteiger partial charge >= 0.3 is 11.9 Å². The summed E-state index contributed by atoms with van der Waals surface area (Å²) in [6.45, 7) is 16.7. The van der Waals surface area contributed by atoms with E-state index in [9.17, 15) is 29.4 Å². The summed E-state index contributed by atoms with van der Waals surface area (Å²) >= 11 is 0. The molecular weight excluding hydrogens is 408 g/mol. The third kappa shape index (κ3) is 38.1. The number of carbonyl (C=O) groups is 4. The van der Waals surface area contributed by atoms with Crippen LogP contribution in [0.2, 0.25) is 0 Å². The summed E-state index contributed by atoms with van der Waals surface area (Å²) in [7, 11) is 0. The standard InChI is InChI=1S/2C7H12O2.C5H8O3.C3H4O2/c2*1-3-4-5-6(2)7(8)9;1-2-5(7)8-4-3-6;1-2-3(4)5/h2*2-5H2,1H3,(H,8,9);2,6H,1,3-4H2;2H,1H2,(H,4,5)/p-2. The van der Waals surface area contributed by atoms with Crippen molar-refractivity contribution in [1.82, 2.24) is 0 Å². The average molecular weight is 443 g/mol. The summed E-state index contributed by atoms with van der Waals surface area (Å²) in [5, 5.41) is 35.7. The van der Waals surface area contributed by atoms with E-state index in [4.69, 9.17) is 10.2 Å². The maximum Gasteiger partial charge on any atom is 0.330 e. The Balaban J connectivity index is -0.000000160. The van der Waals surface area contributed by atoms with Crippen LogP contribution in [0.5, 0.6) is 0 Å². The first-order valence-corrected chi connectivity index (χ1v) is 9.48. The highest BCUT2D eigenvalue weighted by atomic mass is 16.5. The summed E-state index contributed by atoms with van der Waals surface area (Å²) in [5.74, 6) is -3.73. The monoisotopic (exact) mass is 442 g/mol. The molecule has 0 unspecified atom stereocenters. The van der Waals surface area contributed by atoms with Crippen LogP contribution < -0.4 is 10.2 Å². The number of aliphatic hydroxyl groups excluding tert-OH is 1. The van der Waals surface area contributed by atoms with Gasteiger partial charge in [0.2, 0.25) is 0 Å². The van der Waals surface area contributed by atoms with Crippen LogP contribution in [0.4, 0.5) is 0 Å². The minimum Gasteiger partial charge on any atom is -0.545 e. The Labute approximate surface area is 184 Å². The summed E-state index contributed by atoms with van der Waals surface area (Å²) in [4.78, 5) is 39.4. The first-order valence-electron chi connectivity index (χ1n) is 9.48. The Hall–Kier alpha value is -3.20. The molecular formula is C22H34O9-2. The molecule has 0 heterocycles. The summed E-state index contributed by atoms with van der Waals surface area (Å²) < 4.78 is 4.33. The number of carbonyl (C=O) groups excluding carboxylic acids is 3. The molecule has 0 rings (SSSR count). The highest BCUT2D eigenvalue weighted by Gasteiger charge is 1.92. The molecule has 0 aromatic rings. The van der Waals surface area contributed by atoms with Crippen molar-refractivity contribution in [2.45, 2.75) is 52.4 Å². The van der Waals surface area contributed by atoms with Gasteiger partial charge in [-0.05, 0) is 36.8 Å². The molecule has 0 atom stereocenters. The third-order valence-corrected chi connectivity index (χ3v) is 2.92. The van der Waals surface area contributed by atoms with Crippen LogP contribution in [-0.2, 0) is 23.9 Å². The highest BCUT2D eigenvalue weighted by Crippen LogP contribution is 2.03. The zero-order chi connectivity index (χ0) is 25.2. The molecule has 2 N–H and O–H groups in total. The maximum atomic E-state index is 10.1. The fraction of sp³-hybridized carbons (Fsp3) is 0.455. The van der Waals surface area contributed by atoms with E-state index in [1.807, 2.05) is 13.8 Å². The Kier molecular flexibility index (Phi) is 30.5. The van der Waals surface area contributed by atoms with E-state index in [1.54, 1.807) is 0 Å². The van der Waals surface area contributed by atoms with Crippen LogP contribution in [0.1, 0.15) is 52.4 Å². The molecule has 0 spiro atoms. The molecule has 0 aliphatic heterocycles. The number of unbranched alkanes of at least 4 members (excludes halogenated alkanes) is 2. The molecule has 0 aromatic carbocycles. The summed E-state index contributed by atoms with van der Waals surface area (Å²) in [6.07, 6.45) is 6.74. The predicted octanol–water partition coefficient (Wildman–Crippen LogP) is 0.930. The number of esters is 1. The van der Waals surface area contributed by atoms with Crippen LogP contribution >= 0.6 is 0 Å². The van der Waals surface area contributed by atoms with Crippen molar-refractivity contribution in [3.63, 3.8) is 0 Å². The lowest BCUT2D eigenvalue weighted by Crippen LogP contribution is -2.23. The van der Waals surface area contributed by atoms with Gasteiger partial charge in [0.25, 0.3) is 0 Å². The molecule has 9 heteroatoms. The van der Waals surface area contributed by atoms with Gasteiger partial charge in [0.1, 0.15) is 6.61 Å². The number of aliphatic carboxylic acids is 3. The molecule has 9 nitrogen and oxygen atoms in total. The van der Waals surface area contributed by atoms with Gasteiger partial charge in [0.05, 0.1) is 18.5 Å². The van der Waals surface area contributed by atoms with Gasteiger partial charge in [-0.2, -0.15) is 0 Å². The average Bonchev–Trinajstić information content (AvgIpc) is 2.74. The van der Waals surface area contributed by atoms with Crippen molar-refractivity contribution >= 4 is 23.9 Å². The van der Waals surface area contributed by atoms with Crippen molar-refractivity contribution < 1.29 is 44.3 Å². The van der Waals surface area contributed by atoms with Crippen molar-refractivity contribution in [2.24, 2.45) is 0 Å². The van der Waals surface area contributed by atoms with Gasteiger partial charge in [0.15, 0.2) is 0 Å². The van der Waals surface area contributed by atoms with Gasteiger partial charge in [-0.1, -0.05) is 53.0 Å². The number of rotatable bonds is 12. The lowest BCUT2D eigenvalue weighted by atomic mass is 10.1. The van der Waals surface area contributed by atoms with Gasteiger partial charge in [0, 0.05) is 12.2 Å². The number of hydrogen-bond donors (Lipinski definition) is 2. The van der Waals surface area contributed by atoms with E-state index in [2.05, 4.69) is 31.1 Å². The first-order chi connectivity index (χ1) is 14.4. The molecule has 0 saturated carbocycles. The van der Waals surface area contributed by atoms with Gasteiger partial charge in [-0.25, -0.2) is 9.59 Å². The normalized spacial score (nSPS) is 8.35. The fourth-order valence-electron chi connectivity index (χ4n) is 1.19. The molecule has 0 radical (unpaired) electrons. The summed E-state index contributed by atoms with van der Waals surface area (Å²) in [6, 6.07) is 0. The number of aliphatic hydroxyl groups is 1. The second kappa shape index (κ2) is 26.8. The zero-order valence-corrected chi connectivity index (χ0v) is 18.4. The predicted molar refractivity (Wildman–Crippen MR) is 113 cm³/mol. The smallest absolute Gasteiger partial charge is 0.330 e. The van der Waals surface area contributed by atoms with Crippen molar-refractivity contribution in [3.05, 3.63) is 49.6 Å². The molecule has 0 fully saturated rings. The number of hydrogen-bond acceptors (Lipinski definition) is 8. The number of carboxylic acid groups (broad SMARTS) is 3. The molecule has 178 valence electrons. The second-order valence-corrected chi connectivity index (χ2v) is 5.63. The van der Waals surface area contributed by atoms with Crippen molar-refractivity contribution in [1.29, 1.82) is 0 Å². The van der Waals surface area contributed by atoms with Gasteiger partial charge < -0.3 is 34.8 Å². The third-order valence-electron chi connectivity index (χ3n) is 2.92. The minimum atomic E-state index is -1.12. The molecule has 0 saturated heterocycles. The van der Waals surface area contributed by atoms with Gasteiger partial charge in [-0.15, -0.1) is 0 Å². The lowest BCUT2D eigenvalue weighted by molar-refractivity contribution is -0.300. The maximum absolute atomic E-state index is 10.1. The molecule has 0 aromatic heterocycles. The minimum absolute atomic E-state index is 0.0465.